The van der Waals surface area contributed by atoms with Gasteiger partial charge in [-0.1, -0.05) is 51.1 Å². The Kier molecular flexibility index (Phi) is 10.8. The molecule has 0 aliphatic rings. The van der Waals surface area contributed by atoms with E-state index in [9.17, 15) is 13.2 Å². The third-order valence-electron chi connectivity index (χ3n) is 6.38. The number of hydrogen-bond acceptors (Lipinski definition) is 4. The van der Waals surface area contributed by atoms with Crippen LogP contribution in [0.4, 0.5) is 0 Å². The fourth-order valence-corrected chi connectivity index (χ4v) is 5.78. The molecule has 0 saturated carbocycles. The molecule has 0 radical (unpaired) electrons. The van der Waals surface area contributed by atoms with Crippen LogP contribution in [0.2, 0.25) is 0 Å². The van der Waals surface area contributed by atoms with Gasteiger partial charge in [-0.15, -0.1) is 0 Å². The summed E-state index contributed by atoms with van der Waals surface area (Å²) in [6.45, 7) is 13.5. The first-order valence-corrected chi connectivity index (χ1v) is 13.7. The number of nitrogens with zero attached hydrogens (tertiary/aromatic N) is 2. The molecule has 0 spiro atoms. The van der Waals surface area contributed by atoms with Crippen molar-refractivity contribution in [3.63, 3.8) is 0 Å². The van der Waals surface area contributed by atoms with E-state index >= 15 is 0 Å². The summed E-state index contributed by atoms with van der Waals surface area (Å²) in [6, 6.07) is 12.8. The van der Waals surface area contributed by atoms with E-state index in [-0.39, 0.29) is 35.9 Å². The average Bonchev–Trinajstić information content (AvgIpc) is 2.81. The fourth-order valence-electron chi connectivity index (χ4n) is 4.04. The van der Waals surface area contributed by atoms with Crippen molar-refractivity contribution < 1.29 is 13.2 Å². The molecular formula is C26H41N3O3S. The highest BCUT2D eigenvalue weighted by molar-refractivity contribution is 7.89. The van der Waals surface area contributed by atoms with Gasteiger partial charge in [0.25, 0.3) is 0 Å². The summed E-state index contributed by atoms with van der Waals surface area (Å²) in [4.78, 5) is 15.2. The van der Waals surface area contributed by atoms with Crippen LogP contribution in [0.25, 0.3) is 10.8 Å². The van der Waals surface area contributed by atoms with Crippen LogP contribution in [-0.2, 0) is 14.8 Å². The van der Waals surface area contributed by atoms with Gasteiger partial charge in [0.15, 0.2) is 0 Å². The van der Waals surface area contributed by atoms with Crippen LogP contribution in [0.15, 0.2) is 47.4 Å². The molecule has 2 atom stereocenters. The van der Waals surface area contributed by atoms with Gasteiger partial charge in [-0.25, -0.2) is 8.42 Å². The lowest BCUT2D eigenvalue weighted by molar-refractivity contribution is -0.121. The third-order valence-corrected chi connectivity index (χ3v) is 8.39. The quantitative estimate of drug-likeness (QED) is 0.432. The van der Waals surface area contributed by atoms with E-state index in [2.05, 4.69) is 24.1 Å². The maximum absolute atomic E-state index is 13.5. The predicted octanol–water partition coefficient (Wildman–Crippen LogP) is 4.65. The van der Waals surface area contributed by atoms with E-state index in [1.165, 1.54) is 4.31 Å². The number of amides is 1. The molecular weight excluding hydrogens is 434 g/mol. The number of benzene rings is 2. The second kappa shape index (κ2) is 13.1. The molecule has 0 aliphatic carbocycles. The van der Waals surface area contributed by atoms with Gasteiger partial charge in [-0.05, 0) is 75.6 Å². The van der Waals surface area contributed by atoms with Gasteiger partial charge in [0, 0.05) is 25.0 Å². The van der Waals surface area contributed by atoms with E-state index < -0.39 is 10.0 Å². The first-order chi connectivity index (χ1) is 15.7. The molecule has 7 heteroatoms. The van der Waals surface area contributed by atoms with Crippen LogP contribution in [0.5, 0.6) is 0 Å². The number of carbonyl (C=O) groups excluding carboxylic acids is 1. The lowest BCUT2D eigenvalue weighted by atomic mass is 10.1. The first kappa shape index (κ1) is 27.3. The van der Waals surface area contributed by atoms with E-state index in [0.717, 1.165) is 43.2 Å². The lowest BCUT2D eigenvalue weighted by Crippen LogP contribution is -2.42. The Balaban J connectivity index is 2.01. The monoisotopic (exact) mass is 475 g/mol. The molecule has 0 heterocycles. The van der Waals surface area contributed by atoms with Crippen molar-refractivity contribution in [2.45, 2.75) is 77.3 Å². The smallest absolute Gasteiger partial charge is 0.243 e. The molecule has 184 valence electrons. The number of rotatable bonds is 14. The van der Waals surface area contributed by atoms with Crippen molar-refractivity contribution in [2.75, 3.05) is 26.2 Å². The molecule has 1 amide bonds. The predicted molar refractivity (Wildman–Crippen MR) is 137 cm³/mol. The minimum absolute atomic E-state index is 0.0715. The normalized spacial score (nSPS) is 14.0. The highest BCUT2D eigenvalue weighted by Gasteiger charge is 2.29. The van der Waals surface area contributed by atoms with Crippen LogP contribution in [-0.4, -0.2) is 61.8 Å². The van der Waals surface area contributed by atoms with Crippen LogP contribution in [0.3, 0.4) is 0 Å². The molecule has 0 aromatic heterocycles. The zero-order chi connectivity index (χ0) is 24.4. The topological polar surface area (TPSA) is 69.7 Å². The average molecular weight is 476 g/mol. The van der Waals surface area contributed by atoms with Gasteiger partial charge < -0.3 is 10.2 Å². The Hall–Kier alpha value is -1.96. The molecule has 2 aromatic rings. The van der Waals surface area contributed by atoms with Crippen molar-refractivity contribution in [1.82, 2.24) is 14.5 Å². The van der Waals surface area contributed by atoms with Crippen molar-refractivity contribution in [3.05, 3.63) is 42.5 Å². The summed E-state index contributed by atoms with van der Waals surface area (Å²) in [7, 11) is -3.71. The molecule has 2 aromatic carbocycles. The molecule has 2 unspecified atom stereocenters. The van der Waals surface area contributed by atoms with E-state index in [1.807, 2.05) is 51.1 Å². The maximum atomic E-state index is 13.5. The second-order valence-electron chi connectivity index (χ2n) is 8.77. The fraction of sp³-hybridized carbons (Fsp3) is 0.577. The van der Waals surface area contributed by atoms with Crippen molar-refractivity contribution in [2.24, 2.45) is 0 Å². The lowest BCUT2D eigenvalue weighted by Gasteiger charge is -2.28. The van der Waals surface area contributed by atoms with Crippen LogP contribution >= 0.6 is 0 Å². The minimum atomic E-state index is -3.71. The minimum Gasteiger partial charge on any atom is -0.354 e. The van der Waals surface area contributed by atoms with Crippen LogP contribution in [0, 0.1) is 0 Å². The van der Waals surface area contributed by atoms with Gasteiger partial charge in [-0.3, -0.25) is 4.79 Å². The van der Waals surface area contributed by atoms with Gasteiger partial charge in [-0.2, -0.15) is 4.31 Å². The number of sulfonamides is 1. The Morgan fingerprint density at radius 2 is 1.64 bits per heavy atom. The molecule has 0 fully saturated rings. The van der Waals surface area contributed by atoms with E-state index in [1.54, 1.807) is 12.1 Å². The summed E-state index contributed by atoms with van der Waals surface area (Å²) in [5.41, 5.74) is 0. The number of carbonyl (C=O) groups is 1. The SMILES string of the molecule is CCC(C)N(CCC(=O)NC(C)CCCN(CC)CC)S(=O)(=O)c1ccc2ccccc2c1. The van der Waals surface area contributed by atoms with Crippen molar-refractivity contribution in [3.8, 4) is 0 Å². The standard InChI is InChI=1S/C26H41N3O3S/c1-6-22(5)29(19-17-26(30)27-21(4)12-11-18-28(7-2)8-3)33(31,32)25-16-15-23-13-9-10-14-24(23)20-25/h9-10,13-16,20-22H,6-8,11-12,17-19H2,1-5H3,(H,27,30). The second-order valence-corrected chi connectivity index (χ2v) is 10.7. The number of nitrogens with one attached hydrogen (secondary N) is 1. The van der Waals surface area contributed by atoms with Crippen LogP contribution in [0.1, 0.15) is 60.3 Å². The zero-order valence-corrected chi connectivity index (χ0v) is 21.7. The van der Waals surface area contributed by atoms with Gasteiger partial charge in [0.05, 0.1) is 4.90 Å². The Labute approximate surface area is 200 Å². The summed E-state index contributed by atoms with van der Waals surface area (Å²) >= 11 is 0. The summed E-state index contributed by atoms with van der Waals surface area (Å²) in [5.74, 6) is -0.104. The van der Waals surface area contributed by atoms with Gasteiger partial charge >= 0.3 is 0 Å². The van der Waals surface area contributed by atoms with Crippen LogP contribution < -0.4 is 5.32 Å². The molecule has 1 N–H and O–H groups in total. The molecule has 0 bridgehead atoms. The maximum Gasteiger partial charge on any atom is 0.243 e. The Morgan fingerprint density at radius 1 is 0.970 bits per heavy atom. The molecule has 0 saturated heterocycles. The largest absolute Gasteiger partial charge is 0.354 e. The molecule has 2 rings (SSSR count). The third kappa shape index (κ3) is 7.80. The Morgan fingerprint density at radius 3 is 2.27 bits per heavy atom. The molecule has 6 nitrogen and oxygen atoms in total. The molecule has 33 heavy (non-hydrogen) atoms. The first-order valence-electron chi connectivity index (χ1n) is 12.2. The highest BCUT2D eigenvalue weighted by Crippen LogP contribution is 2.24. The van der Waals surface area contributed by atoms with Crippen molar-refractivity contribution in [1.29, 1.82) is 0 Å². The summed E-state index contributed by atoms with van der Waals surface area (Å²) in [5, 5.41) is 4.93. The van der Waals surface area contributed by atoms with E-state index in [0.29, 0.717) is 6.42 Å². The number of hydrogen-bond donors (Lipinski definition) is 1. The number of fused-ring (bicyclic) bond motifs is 1. The summed E-state index contributed by atoms with van der Waals surface area (Å²) < 4.78 is 28.4. The van der Waals surface area contributed by atoms with Crippen molar-refractivity contribution >= 4 is 26.7 Å². The molecule has 0 aliphatic heterocycles. The van der Waals surface area contributed by atoms with Gasteiger partial charge in [0.1, 0.15) is 0 Å². The highest BCUT2D eigenvalue weighted by atomic mass is 32.2. The van der Waals surface area contributed by atoms with Gasteiger partial charge in [0.2, 0.25) is 15.9 Å². The summed E-state index contributed by atoms with van der Waals surface area (Å²) in [6.07, 6.45) is 2.76. The Bertz CT molecular complexity index is 989. The zero-order valence-electron chi connectivity index (χ0n) is 20.9. The van der Waals surface area contributed by atoms with E-state index in [4.69, 9.17) is 0 Å².